The predicted octanol–water partition coefficient (Wildman–Crippen LogP) is 3.47. The first-order chi connectivity index (χ1) is 14.3. The van der Waals surface area contributed by atoms with Crippen LogP contribution in [-0.4, -0.2) is 60.9 Å². The monoisotopic (exact) mass is 432 g/mol. The fourth-order valence-electron chi connectivity index (χ4n) is 3.41. The molecule has 2 aromatic rings. The van der Waals surface area contributed by atoms with Crippen LogP contribution in [0.2, 0.25) is 5.02 Å². The maximum atomic E-state index is 14.7. The van der Waals surface area contributed by atoms with Gasteiger partial charge in [0.1, 0.15) is 17.3 Å². The Morgan fingerprint density at radius 3 is 2.53 bits per heavy atom. The third kappa shape index (κ3) is 4.04. The van der Waals surface area contributed by atoms with Gasteiger partial charge in [-0.05, 0) is 38.4 Å². The van der Waals surface area contributed by atoms with E-state index in [2.05, 4.69) is 0 Å². The topological polar surface area (TPSA) is 70.1 Å². The number of ether oxygens (including phenoxy) is 1. The molecule has 1 aliphatic rings. The standard InChI is InChI=1S/C22H22ClFN2O4/c1-25(2)10-11-26-19(14-6-4-5-7-16(14)24)18(21(28)22(26)29)20(27)13-8-9-17(30-3)15(23)12-13/h4-9,12,19,27H,10-11H2,1-3H3/b20-18-. The van der Waals surface area contributed by atoms with E-state index in [4.69, 9.17) is 16.3 Å². The van der Waals surface area contributed by atoms with Crippen molar-refractivity contribution < 1.29 is 23.8 Å². The van der Waals surface area contributed by atoms with Crippen LogP contribution in [0.3, 0.4) is 0 Å². The van der Waals surface area contributed by atoms with Crippen LogP contribution in [0.25, 0.3) is 5.76 Å². The molecule has 0 aromatic heterocycles. The van der Waals surface area contributed by atoms with E-state index in [0.717, 1.165) is 0 Å². The van der Waals surface area contributed by atoms with Crippen LogP contribution in [0.5, 0.6) is 5.75 Å². The average molecular weight is 433 g/mol. The summed E-state index contributed by atoms with van der Waals surface area (Å²) < 4.78 is 19.8. The van der Waals surface area contributed by atoms with Crippen LogP contribution in [-0.2, 0) is 9.59 Å². The van der Waals surface area contributed by atoms with Gasteiger partial charge in [0, 0.05) is 24.2 Å². The van der Waals surface area contributed by atoms with Gasteiger partial charge in [-0.15, -0.1) is 0 Å². The molecule has 0 aliphatic carbocycles. The molecule has 3 rings (SSSR count). The number of likely N-dealkylation sites (N-methyl/N-ethyl adjacent to an activating group) is 1. The molecule has 0 spiro atoms. The molecule has 0 radical (unpaired) electrons. The zero-order chi connectivity index (χ0) is 22.0. The second kappa shape index (κ2) is 8.85. The molecule has 30 heavy (non-hydrogen) atoms. The minimum absolute atomic E-state index is 0.136. The van der Waals surface area contributed by atoms with E-state index in [-0.39, 0.29) is 28.3 Å². The third-order valence-electron chi connectivity index (χ3n) is 4.95. The number of aliphatic hydroxyl groups excluding tert-OH is 1. The third-order valence-corrected chi connectivity index (χ3v) is 5.25. The first-order valence-corrected chi connectivity index (χ1v) is 9.65. The van der Waals surface area contributed by atoms with E-state index in [1.165, 1.54) is 48.4 Å². The summed E-state index contributed by atoms with van der Waals surface area (Å²) in [5, 5.41) is 11.2. The smallest absolute Gasteiger partial charge is 0.295 e. The van der Waals surface area contributed by atoms with Gasteiger partial charge in [0.15, 0.2) is 0 Å². The lowest BCUT2D eigenvalue weighted by Crippen LogP contribution is -2.35. The summed E-state index contributed by atoms with van der Waals surface area (Å²) in [6, 6.07) is 9.34. The van der Waals surface area contributed by atoms with Crippen molar-refractivity contribution in [2.75, 3.05) is 34.3 Å². The lowest BCUT2D eigenvalue weighted by Gasteiger charge is -2.26. The van der Waals surface area contributed by atoms with Crippen molar-refractivity contribution in [3.05, 3.63) is 70.0 Å². The van der Waals surface area contributed by atoms with Gasteiger partial charge >= 0.3 is 0 Å². The van der Waals surface area contributed by atoms with Crippen LogP contribution >= 0.6 is 11.6 Å². The molecule has 1 saturated heterocycles. The van der Waals surface area contributed by atoms with Gasteiger partial charge in [0.25, 0.3) is 11.7 Å². The maximum Gasteiger partial charge on any atom is 0.295 e. The van der Waals surface area contributed by atoms with Gasteiger partial charge in [0.2, 0.25) is 0 Å². The van der Waals surface area contributed by atoms with Crippen molar-refractivity contribution >= 4 is 29.1 Å². The van der Waals surface area contributed by atoms with Gasteiger partial charge in [0.05, 0.1) is 23.7 Å². The average Bonchev–Trinajstić information content (AvgIpc) is 2.96. The van der Waals surface area contributed by atoms with Crippen molar-refractivity contribution in [2.45, 2.75) is 6.04 Å². The largest absolute Gasteiger partial charge is 0.507 e. The zero-order valence-corrected chi connectivity index (χ0v) is 17.6. The molecular weight excluding hydrogens is 411 g/mol. The molecule has 158 valence electrons. The Balaban J connectivity index is 2.18. The number of nitrogens with zero attached hydrogens (tertiary/aromatic N) is 2. The van der Waals surface area contributed by atoms with Crippen LogP contribution in [0.1, 0.15) is 17.2 Å². The van der Waals surface area contributed by atoms with Crippen molar-refractivity contribution in [1.29, 1.82) is 0 Å². The lowest BCUT2D eigenvalue weighted by atomic mass is 9.95. The highest BCUT2D eigenvalue weighted by Crippen LogP contribution is 2.40. The number of benzene rings is 2. The number of hydrogen-bond donors (Lipinski definition) is 1. The first-order valence-electron chi connectivity index (χ1n) is 9.27. The van der Waals surface area contributed by atoms with Gasteiger partial charge in [-0.1, -0.05) is 29.8 Å². The molecule has 1 atom stereocenters. The number of hydrogen-bond acceptors (Lipinski definition) is 5. The molecule has 2 aromatic carbocycles. The minimum atomic E-state index is -1.05. The summed E-state index contributed by atoms with van der Waals surface area (Å²) >= 11 is 6.15. The number of halogens is 2. The molecule has 0 bridgehead atoms. The molecule has 6 nitrogen and oxygen atoms in total. The van der Waals surface area contributed by atoms with E-state index in [1.54, 1.807) is 6.07 Å². The van der Waals surface area contributed by atoms with Gasteiger partial charge in [-0.2, -0.15) is 0 Å². The van der Waals surface area contributed by atoms with Crippen LogP contribution in [0.4, 0.5) is 4.39 Å². The molecule has 8 heteroatoms. The Hall–Kier alpha value is -2.90. The molecule has 1 unspecified atom stereocenters. The minimum Gasteiger partial charge on any atom is -0.507 e. The summed E-state index contributed by atoms with van der Waals surface area (Å²) in [5.74, 6) is -2.25. The van der Waals surface area contributed by atoms with E-state index in [0.29, 0.717) is 12.3 Å². The number of amides is 1. The van der Waals surface area contributed by atoms with E-state index in [1.807, 2.05) is 19.0 Å². The summed E-state index contributed by atoms with van der Waals surface area (Å²) in [5.41, 5.74) is 0.189. The highest BCUT2D eigenvalue weighted by atomic mass is 35.5. The fraction of sp³-hybridized carbons (Fsp3) is 0.273. The number of aliphatic hydroxyl groups is 1. The van der Waals surface area contributed by atoms with Crippen LogP contribution in [0.15, 0.2) is 48.0 Å². The second-order valence-corrected chi connectivity index (χ2v) is 7.57. The summed E-state index contributed by atoms with van der Waals surface area (Å²) in [4.78, 5) is 28.8. The molecule has 1 N–H and O–H groups in total. The number of carbonyl (C=O) groups excluding carboxylic acids is 2. The van der Waals surface area contributed by atoms with Crippen LogP contribution in [0, 0.1) is 5.82 Å². The second-order valence-electron chi connectivity index (χ2n) is 7.17. The van der Waals surface area contributed by atoms with Crippen molar-refractivity contribution in [3.8, 4) is 5.75 Å². The Morgan fingerprint density at radius 1 is 1.23 bits per heavy atom. The Morgan fingerprint density at radius 2 is 1.93 bits per heavy atom. The quantitative estimate of drug-likeness (QED) is 0.430. The van der Waals surface area contributed by atoms with Crippen LogP contribution < -0.4 is 4.74 Å². The van der Waals surface area contributed by atoms with Crippen molar-refractivity contribution in [1.82, 2.24) is 9.80 Å². The number of methoxy groups -OCH3 is 1. The SMILES string of the molecule is COc1ccc(/C(O)=C2/C(=O)C(=O)N(CCN(C)C)C2c2ccccc2F)cc1Cl. The number of carbonyl (C=O) groups is 2. The summed E-state index contributed by atoms with van der Waals surface area (Å²) in [6.07, 6.45) is 0. The van der Waals surface area contributed by atoms with Gasteiger partial charge in [-0.25, -0.2) is 4.39 Å². The normalized spacial score (nSPS) is 18.3. The maximum absolute atomic E-state index is 14.7. The van der Waals surface area contributed by atoms with Gasteiger partial charge < -0.3 is 19.6 Å². The molecule has 0 saturated carbocycles. The Bertz CT molecular complexity index is 1020. The fourth-order valence-corrected chi connectivity index (χ4v) is 3.67. The highest BCUT2D eigenvalue weighted by Gasteiger charge is 2.46. The lowest BCUT2D eigenvalue weighted by molar-refractivity contribution is -0.140. The molecule has 1 amide bonds. The predicted molar refractivity (Wildman–Crippen MR) is 112 cm³/mol. The number of rotatable bonds is 6. The summed E-state index contributed by atoms with van der Waals surface area (Å²) in [6.45, 7) is 0.656. The molecule has 1 heterocycles. The molecule has 1 aliphatic heterocycles. The summed E-state index contributed by atoms with van der Waals surface area (Å²) in [7, 11) is 5.11. The van der Waals surface area contributed by atoms with Crippen molar-refractivity contribution in [2.24, 2.45) is 0 Å². The van der Waals surface area contributed by atoms with Crippen molar-refractivity contribution in [3.63, 3.8) is 0 Å². The van der Waals surface area contributed by atoms with E-state index in [9.17, 15) is 19.1 Å². The molecule has 1 fully saturated rings. The Kier molecular flexibility index (Phi) is 6.43. The number of ketones is 1. The van der Waals surface area contributed by atoms with Gasteiger partial charge in [-0.3, -0.25) is 9.59 Å². The van der Waals surface area contributed by atoms with E-state index >= 15 is 0 Å². The Labute approximate surface area is 179 Å². The number of likely N-dealkylation sites (tertiary alicyclic amines) is 1. The highest BCUT2D eigenvalue weighted by molar-refractivity contribution is 6.46. The molecular formula is C22H22ClFN2O4. The zero-order valence-electron chi connectivity index (χ0n) is 16.9. The van der Waals surface area contributed by atoms with E-state index < -0.39 is 29.3 Å². The first kappa shape index (κ1) is 21.8. The number of Topliss-reactive ketones (excluding diaryl/α,β-unsaturated/α-hetero) is 1.